The number of carbonyl (C=O) groups excluding carboxylic acids is 1. The van der Waals surface area contributed by atoms with E-state index < -0.39 is 0 Å². The number of amides is 1. The van der Waals surface area contributed by atoms with Gasteiger partial charge in [-0.2, -0.15) is 0 Å². The Hall–Kier alpha value is -1.99. The number of nitrogen functional groups attached to an aromatic ring is 1. The third-order valence-corrected chi connectivity index (χ3v) is 3.51. The van der Waals surface area contributed by atoms with Crippen molar-refractivity contribution < 1.29 is 4.79 Å². The minimum atomic E-state index is -0.248. The summed E-state index contributed by atoms with van der Waals surface area (Å²) < 4.78 is 0. The third-order valence-electron chi connectivity index (χ3n) is 2.65. The lowest BCUT2D eigenvalue weighted by molar-refractivity contribution is 0.0951. The molecule has 0 aliphatic rings. The second-order valence-electron chi connectivity index (χ2n) is 4.53. The van der Waals surface area contributed by atoms with Gasteiger partial charge >= 0.3 is 0 Å². The van der Waals surface area contributed by atoms with E-state index in [1.807, 2.05) is 36.5 Å². The van der Waals surface area contributed by atoms with Gasteiger partial charge in [-0.15, -0.1) is 11.3 Å². The molecule has 1 amide bonds. The number of hydrogen-bond acceptors (Lipinski definition) is 6. The maximum atomic E-state index is 12.0. The Bertz CT molecular complexity index is 582. The van der Waals surface area contributed by atoms with E-state index in [-0.39, 0.29) is 11.7 Å². The average Bonchev–Trinajstić information content (AvgIpc) is 2.91. The summed E-state index contributed by atoms with van der Waals surface area (Å²) in [4.78, 5) is 23.3. The molecule has 6 nitrogen and oxygen atoms in total. The number of likely N-dealkylation sites (N-methyl/N-ethyl adjacent to an activating group) is 1. The van der Waals surface area contributed by atoms with Crippen LogP contribution in [0.3, 0.4) is 0 Å². The van der Waals surface area contributed by atoms with Gasteiger partial charge in [0.25, 0.3) is 5.91 Å². The molecular weight excluding hydrogens is 274 g/mol. The predicted molar refractivity (Wildman–Crippen MR) is 80.6 cm³/mol. The lowest BCUT2D eigenvalue weighted by atomic mass is 10.3. The van der Waals surface area contributed by atoms with Crippen LogP contribution in [-0.4, -0.2) is 48.0 Å². The summed E-state index contributed by atoms with van der Waals surface area (Å²) in [5.41, 5.74) is 6.15. The van der Waals surface area contributed by atoms with E-state index in [0.717, 1.165) is 11.4 Å². The highest BCUT2D eigenvalue weighted by atomic mass is 32.1. The molecule has 0 aliphatic carbocycles. The van der Waals surface area contributed by atoms with Gasteiger partial charge in [0.2, 0.25) is 0 Å². The molecule has 2 heterocycles. The lowest BCUT2D eigenvalue weighted by Crippen LogP contribution is -2.32. The van der Waals surface area contributed by atoms with Gasteiger partial charge in [-0.05, 0) is 25.5 Å². The number of rotatable bonds is 5. The van der Waals surface area contributed by atoms with Crippen LogP contribution in [-0.2, 0) is 0 Å². The van der Waals surface area contributed by atoms with Crippen LogP contribution in [0.4, 0.5) is 5.82 Å². The molecule has 0 unspecified atom stereocenters. The van der Waals surface area contributed by atoms with Crippen molar-refractivity contribution in [3.05, 3.63) is 29.3 Å². The summed E-state index contributed by atoms with van der Waals surface area (Å²) in [5, 5.41) is 4.73. The van der Waals surface area contributed by atoms with Crippen molar-refractivity contribution in [2.75, 3.05) is 32.9 Å². The number of anilines is 1. The van der Waals surface area contributed by atoms with E-state index in [9.17, 15) is 4.79 Å². The topological polar surface area (TPSA) is 84.1 Å². The van der Waals surface area contributed by atoms with Crippen molar-refractivity contribution in [2.45, 2.75) is 0 Å². The van der Waals surface area contributed by atoms with Gasteiger partial charge in [0, 0.05) is 19.3 Å². The lowest BCUT2D eigenvalue weighted by Gasteiger charge is -2.11. The highest BCUT2D eigenvalue weighted by molar-refractivity contribution is 7.13. The van der Waals surface area contributed by atoms with Gasteiger partial charge in [-0.1, -0.05) is 6.07 Å². The van der Waals surface area contributed by atoms with Crippen molar-refractivity contribution in [2.24, 2.45) is 0 Å². The van der Waals surface area contributed by atoms with Gasteiger partial charge in [-0.3, -0.25) is 4.79 Å². The summed E-state index contributed by atoms with van der Waals surface area (Å²) >= 11 is 1.53. The minimum Gasteiger partial charge on any atom is -0.383 e. The number of aromatic nitrogens is 2. The van der Waals surface area contributed by atoms with Gasteiger partial charge in [0.05, 0.1) is 10.4 Å². The zero-order valence-corrected chi connectivity index (χ0v) is 12.3. The van der Waals surface area contributed by atoms with Crippen LogP contribution in [0, 0.1) is 0 Å². The summed E-state index contributed by atoms with van der Waals surface area (Å²) in [6.07, 6.45) is 1.47. The zero-order chi connectivity index (χ0) is 14.5. The zero-order valence-electron chi connectivity index (χ0n) is 11.5. The van der Waals surface area contributed by atoms with Crippen molar-refractivity contribution in [1.29, 1.82) is 0 Å². The van der Waals surface area contributed by atoms with E-state index in [1.54, 1.807) is 0 Å². The first kappa shape index (κ1) is 14.4. The molecule has 0 atom stereocenters. The summed E-state index contributed by atoms with van der Waals surface area (Å²) in [7, 11) is 3.89. The average molecular weight is 291 g/mol. The number of nitrogens with two attached hydrogens (primary N) is 1. The largest absolute Gasteiger partial charge is 0.383 e. The number of carbonyl (C=O) groups is 1. The molecule has 0 aliphatic heterocycles. The molecule has 3 N–H and O–H groups in total. The van der Waals surface area contributed by atoms with Gasteiger partial charge in [-0.25, -0.2) is 9.97 Å². The molecular formula is C13H17N5OS. The van der Waals surface area contributed by atoms with E-state index in [0.29, 0.717) is 17.9 Å². The maximum absolute atomic E-state index is 12.0. The van der Waals surface area contributed by atoms with E-state index in [2.05, 4.69) is 15.3 Å². The van der Waals surface area contributed by atoms with Crippen LogP contribution >= 0.6 is 11.3 Å². The first-order valence-electron chi connectivity index (χ1n) is 6.17. The van der Waals surface area contributed by atoms with Crippen LogP contribution in [0.1, 0.15) is 10.4 Å². The SMILES string of the molecule is CN(C)CCNC(=O)c1cnc(-c2cccs2)nc1N. The van der Waals surface area contributed by atoms with Crippen molar-refractivity contribution in [3.63, 3.8) is 0 Å². The van der Waals surface area contributed by atoms with Crippen LogP contribution in [0.25, 0.3) is 10.7 Å². The minimum absolute atomic E-state index is 0.200. The molecule has 0 bridgehead atoms. The smallest absolute Gasteiger partial charge is 0.256 e. The van der Waals surface area contributed by atoms with Gasteiger partial charge in [0.1, 0.15) is 5.82 Å². The van der Waals surface area contributed by atoms with E-state index in [1.165, 1.54) is 17.5 Å². The van der Waals surface area contributed by atoms with E-state index in [4.69, 9.17) is 5.73 Å². The molecule has 0 fully saturated rings. The van der Waals surface area contributed by atoms with Crippen molar-refractivity contribution in [3.8, 4) is 10.7 Å². The van der Waals surface area contributed by atoms with Crippen LogP contribution < -0.4 is 11.1 Å². The third kappa shape index (κ3) is 3.52. The standard InChI is InChI=1S/C13H17N5OS/c1-18(2)6-5-15-13(19)9-8-16-12(17-11(9)14)10-4-3-7-20-10/h3-4,7-8H,5-6H2,1-2H3,(H,15,19)(H2,14,16,17). The summed E-state index contributed by atoms with van der Waals surface area (Å²) in [6.45, 7) is 1.32. The van der Waals surface area contributed by atoms with E-state index >= 15 is 0 Å². The molecule has 0 spiro atoms. The molecule has 0 saturated carbocycles. The molecule has 2 aromatic rings. The second-order valence-corrected chi connectivity index (χ2v) is 5.48. The molecule has 20 heavy (non-hydrogen) atoms. The van der Waals surface area contributed by atoms with Crippen molar-refractivity contribution in [1.82, 2.24) is 20.2 Å². The Morgan fingerprint density at radius 1 is 1.50 bits per heavy atom. The molecule has 0 saturated heterocycles. The molecule has 2 aromatic heterocycles. The molecule has 2 rings (SSSR count). The molecule has 106 valence electrons. The highest BCUT2D eigenvalue weighted by Crippen LogP contribution is 2.22. The predicted octanol–water partition coefficient (Wildman–Crippen LogP) is 1.08. The maximum Gasteiger partial charge on any atom is 0.256 e. The number of hydrogen-bond donors (Lipinski definition) is 2. The molecule has 0 aromatic carbocycles. The highest BCUT2D eigenvalue weighted by Gasteiger charge is 2.13. The van der Waals surface area contributed by atoms with Crippen molar-refractivity contribution >= 4 is 23.1 Å². The van der Waals surface area contributed by atoms with Crippen LogP contribution in [0.2, 0.25) is 0 Å². The fourth-order valence-corrected chi connectivity index (χ4v) is 2.25. The molecule has 7 heteroatoms. The number of nitrogens with one attached hydrogen (secondary N) is 1. The number of nitrogens with zero attached hydrogens (tertiary/aromatic N) is 3. The van der Waals surface area contributed by atoms with Gasteiger partial charge in [0.15, 0.2) is 5.82 Å². The molecule has 0 radical (unpaired) electrons. The monoisotopic (exact) mass is 291 g/mol. The quantitative estimate of drug-likeness (QED) is 0.861. The Labute approximate surface area is 121 Å². The normalized spacial score (nSPS) is 10.8. The summed E-state index contributed by atoms with van der Waals surface area (Å²) in [6, 6.07) is 3.83. The Morgan fingerprint density at radius 2 is 2.30 bits per heavy atom. The fourth-order valence-electron chi connectivity index (χ4n) is 1.58. The van der Waals surface area contributed by atoms with Crippen LogP contribution in [0.15, 0.2) is 23.7 Å². The van der Waals surface area contributed by atoms with Gasteiger partial charge < -0.3 is 16.0 Å². The first-order valence-corrected chi connectivity index (χ1v) is 7.05. The summed E-state index contributed by atoms with van der Waals surface area (Å²) in [5.74, 6) is 0.496. The number of thiophene rings is 1. The first-order chi connectivity index (χ1) is 9.58. The second kappa shape index (κ2) is 6.44. The Balaban J connectivity index is 2.08. The Kier molecular flexibility index (Phi) is 4.65. The fraction of sp³-hybridized carbons (Fsp3) is 0.308. The Morgan fingerprint density at radius 3 is 2.90 bits per heavy atom. The van der Waals surface area contributed by atoms with Crippen LogP contribution in [0.5, 0.6) is 0 Å².